The highest BCUT2D eigenvalue weighted by Crippen LogP contribution is 2.20. The molecule has 0 radical (unpaired) electrons. The van der Waals surface area contributed by atoms with Gasteiger partial charge in [0, 0.05) is 18.0 Å². The Morgan fingerprint density at radius 3 is 3.16 bits per heavy atom. The van der Waals surface area contributed by atoms with Crippen molar-refractivity contribution in [3.8, 4) is 0 Å². The fourth-order valence-electron chi connectivity index (χ4n) is 2.56. The molecule has 0 bridgehead atoms. The fourth-order valence-corrected chi connectivity index (χ4v) is 2.56. The van der Waals surface area contributed by atoms with Gasteiger partial charge in [-0.1, -0.05) is 24.6 Å². The molecule has 4 nitrogen and oxygen atoms in total. The topological polar surface area (TPSA) is 54.3 Å². The molecule has 2 heterocycles. The van der Waals surface area contributed by atoms with Crippen LogP contribution in [0.25, 0.3) is 11.0 Å². The minimum absolute atomic E-state index is 0.0429. The van der Waals surface area contributed by atoms with E-state index in [1.54, 1.807) is 6.26 Å². The monoisotopic (exact) mass is 258 g/mol. The maximum Gasteiger partial charge on any atom is 0.255 e. The van der Waals surface area contributed by atoms with Crippen LogP contribution in [0.1, 0.15) is 29.6 Å². The molecule has 3 rings (SSSR count). The lowest BCUT2D eigenvalue weighted by molar-refractivity contribution is 0.0936. The maximum atomic E-state index is 12.3. The molecule has 1 unspecified atom stereocenters. The van der Waals surface area contributed by atoms with Gasteiger partial charge in [-0.2, -0.15) is 0 Å². The second-order valence-electron chi connectivity index (χ2n) is 5.02. The number of benzene rings is 1. The van der Waals surface area contributed by atoms with E-state index in [0.717, 1.165) is 36.9 Å². The zero-order chi connectivity index (χ0) is 13.1. The number of fused-ring (bicyclic) bond motifs is 1. The molecular weight excluding hydrogens is 240 g/mol. The van der Waals surface area contributed by atoms with E-state index in [4.69, 9.17) is 4.42 Å². The Labute approximate surface area is 112 Å². The fraction of sp³-hybridized carbons (Fsp3) is 0.400. The number of furan rings is 1. The first-order valence-corrected chi connectivity index (χ1v) is 6.82. The van der Waals surface area contributed by atoms with Crippen molar-refractivity contribution in [3.05, 3.63) is 36.1 Å². The van der Waals surface area contributed by atoms with Gasteiger partial charge in [-0.05, 0) is 25.5 Å². The highest BCUT2D eigenvalue weighted by Gasteiger charge is 2.18. The number of carbonyl (C=O) groups is 1. The molecule has 2 N–H and O–H groups in total. The van der Waals surface area contributed by atoms with E-state index in [-0.39, 0.29) is 11.9 Å². The molecule has 1 atom stereocenters. The highest BCUT2D eigenvalue weighted by atomic mass is 16.3. The molecule has 2 aromatic rings. The van der Waals surface area contributed by atoms with E-state index in [2.05, 4.69) is 10.6 Å². The van der Waals surface area contributed by atoms with Crippen molar-refractivity contribution in [1.29, 1.82) is 0 Å². The summed E-state index contributed by atoms with van der Waals surface area (Å²) in [6.07, 6.45) is 4.92. The van der Waals surface area contributed by atoms with Gasteiger partial charge >= 0.3 is 0 Å². The lowest BCUT2D eigenvalue weighted by Gasteiger charge is -2.15. The van der Waals surface area contributed by atoms with Crippen LogP contribution in [0.15, 0.2) is 34.9 Å². The van der Waals surface area contributed by atoms with Gasteiger partial charge in [0.15, 0.2) is 0 Å². The third-order valence-electron chi connectivity index (χ3n) is 3.61. The Bertz CT molecular complexity index is 568. The Hall–Kier alpha value is -1.81. The van der Waals surface area contributed by atoms with E-state index in [0.29, 0.717) is 5.56 Å². The summed E-state index contributed by atoms with van der Waals surface area (Å²) in [6, 6.07) is 7.83. The summed E-state index contributed by atoms with van der Waals surface area (Å²) in [5.74, 6) is -0.0429. The van der Waals surface area contributed by atoms with E-state index >= 15 is 0 Å². The number of para-hydroxylation sites is 1. The first kappa shape index (κ1) is 12.2. The van der Waals surface area contributed by atoms with E-state index < -0.39 is 0 Å². The molecule has 1 amide bonds. The predicted octanol–water partition coefficient (Wildman–Crippen LogP) is 2.30. The molecule has 1 aliphatic heterocycles. The average Bonchev–Trinajstić information content (AvgIpc) is 2.70. The van der Waals surface area contributed by atoms with Crippen LogP contribution in [0.2, 0.25) is 0 Å². The molecule has 100 valence electrons. The van der Waals surface area contributed by atoms with Gasteiger partial charge in [0.05, 0.1) is 5.56 Å². The van der Waals surface area contributed by atoms with Crippen molar-refractivity contribution in [2.75, 3.05) is 13.1 Å². The van der Waals surface area contributed by atoms with Crippen molar-refractivity contribution in [2.45, 2.75) is 25.3 Å². The Balaban J connectivity index is 1.76. The molecule has 0 spiro atoms. The molecule has 1 aromatic heterocycles. The van der Waals surface area contributed by atoms with Crippen molar-refractivity contribution < 1.29 is 9.21 Å². The van der Waals surface area contributed by atoms with Gasteiger partial charge in [-0.3, -0.25) is 4.79 Å². The number of amides is 1. The molecule has 1 aromatic carbocycles. The standard InChI is InChI=1S/C15H18N2O2/c18-15(17-11-5-3-4-8-16-9-11)13-10-19-14-7-2-1-6-12(13)14/h1-2,6-7,10-11,16H,3-5,8-9H2,(H,17,18). The average molecular weight is 258 g/mol. The number of hydrogen-bond acceptors (Lipinski definition) is 3. The summed E-state index contributed by atoms with van der Waals surface area (Å²) in [4.78, 5) is 12.3. The predicted molar refractivity (Wildman–Crippen MR) is 74.2 cm³/mol. The maximum absolute atomic E-state index is 12.3. The second-order valence-corrected chi connectivity index (χ2v) is 5.02. The number of carbonyl (C=O) groups excluding carboxylic acids is 1. The second kappa shape index (κ2) is 5.45. The summed E-state index contributed by atoms with van der Waals surface area (Å²) in [7, 11) is 0. The van der Waals surface area contributed by atoms with Crippen LogP contribution in [0.4, 0.5) is 0 Å². The van der Waals surface area contributed by atoms with Gasteiger partial charge in [0.25, 0.3) is 5.91 Å². The molecule has 4 heteroatoms. The summed E-state index contributed by atoms with van der Waals surface area (Å²) < 4.78 is 5.41. The van der Waals surface area contributed by atoms with Crippen molar-refractivity contribution in [1.82, 2.24) is 10.6 Å². The smallest absolute Gasteiger partial charge is 0.255 e. The molecular formula is C15H18N2O2. The third-order valence-corrected chi connectivity index (χ3v) is 3.61. The van der Waals surface area contributed by atoms with Crippen LogP contribution >= 0.6 is 0 Å². The molecule has 0 saturated carbocycles. The normalized spacial score (nSPS) is 20.1. The molecule has 1 aliphatic rings. The van der Waals surface area contributed by atoms with Crippen LogP contribution in [0.3, 0.4) is 0 Å². The molecule has 1 saturated heterocycles. The van der Waals surface area contributed by atoms with Crippen LogP contribution in [0, 0.1) is 0 Å². The minimum atomic E-state index is -0.0429. The SMILES string of the molecule is O=C(NC1CCCCNC1)c1coc2ccccc12. The van der Waals surface area contributed by atoms with Crippen molar-refractivity contribution in [2.24, 2.45) is 0 Å². The number of rotatable bonds is 2. The zero-order valence-electron chi connectivity index (χ0n) is 10.8. The van der Waals surface area contributed by atoms with Gasteiger partial charge in [-0.25, -0.2) is 0 Å². The minimum Gasteiger partial charge on any atom is -0.463 e. The van der Waals surface area contributed by atoms with Crippen molar-refractivity contribution in [3.63, 3.8) is 0 Å². The quantitative estimate of drug-likeness (QED) is 0.869. The number of hydrogen-bond donors (Lipinski definition) is 2. The van der Waals surface area contributed by atoms with Crippen LogP contribution in [0.5, 0.6) is 0 Å². The Kier molecular flexibility index (Phi) is 3.51. The summed E-state index contributed by atoms with van der Waals surface area (Å²) in [6.45, 7) is 1.89. The third kappa shape index (κ3) is 2.63. The van der Waals surface area contributed by atoms with Gasteiger partial charge < -0.3 is 15.1 Å². The Morgan fingerprint density at radius 2 is 2.21 bits per heavy atom. The molecule has 19 heavy (non-hydrogen) atoms. The van der Waals surface area contributed by atoms with Crippen molar-refractivity contribution >= 4 is 16.9 Å². The zero-order valence-corrected chi connectivity index (χ0v) is 10.8. The first-order valence-electron chi connectivity index (χ1n) is 6.82. The van der Waals surface area contributed by atoms with Crippen LogP contribution < -0.4 is 10.6 Å². The van der Waals surface area contributed by atoms with E-state index in [1.165, 1.54) is 6.42 Å². The van der Waals surface area contributed by atoms with Gasteiger partial charge in [-0.15, -0.1) is 0 Å². The van der Waals surface area contributed by atoms with Gasteiger partial charge in [0.1, 0.15) is 11.8 Å². The lowest BCUT2D eigenvalue weighted by Crippen LogP contribution is -2.40. The Morgan fingerprint density at radius 1 is 1.32 bits per heavy atom. The van der Waals surface area contributed by atoms with E-state index in [9.17, 15) is 4.79 Å². The summed E-state index contributed by atoms with van der Waals surface area (Å²) in [5, 5.41) is 7.32. The molecule has 1 fully saturated rings. The van der Waals surface area contributed by atoms with Gasteiger partial charge in [0.2, 0.25) is 0 Å². The lowest BCUT2D eigenvalue weighted by atomic mass is 10.1. The molecule has 0 aliphatic carbocycles. The van der Waals surface area contributed by atoms with E-state index in [1.807, 2.05) is 24.3 Å². The number of nitrogens with one attached hydrogen (secondary N) is 2. The highest BCUT2D eigenvalue weighted by molar-refractivity contribution is 6.05. The van der Waals surface area contributed by atoms with Crippen LogP contribution in [-0.4, -0.2) is 25.0 Å². The summed E-state index contributed by atoms with van der Waals surface area (Å²) in [5.41, 5.74) is 1.38. The summed E-state index contributed by atoms with van der Waals surface area (Å²) >= 11 is 0. The largest absolute Gasteiger partial charge is 0.463 e. The van der Waals surface area contributed by atoms with Crippen LogP contribution in [-0.2, 0) is 0 Å². The first-order chi connectivity index (χ1) is 9.34.